The molecule has 0 heterocycles. The van der Waals surface area contributed by atoms with Gasteiger partial charge in [-0.25, -0.2) is 0 Å². The molecular weight excluding hydrogens is 456 g/mol. The molecule has 0 bridgehead atoms. The highest BCUT2D eigenvalue weighted by molar-refractivity contribution is 7.86. The Labute approximate surface area is 182 Å². The van der Waals surface area contributed by atoms with Crippen molar-refractivity contribution < 1.29 is 35.0 Å². The Balaban J connectivity index is 2.39. The van der Waals surface area contributed by atoms with Crippen molar-refractivity contribution in [1.29, 1.82) is 0 Å². The molecule has 1 N–H and O–H groups in total. The number of nitrogens with one attached hydrogen (secondary N) is 1. The molecular formula is C19H20F4N4O4S. The Hall–Kier alpha value is -3.06. The zero-order valence-corrected chi connectivity index (χ0v) is 17.9. The van der Waals surface area contributed by atoms with Crippen molar-refractivity contribution in [3.63, 3.8) is 0 Å². The molecule has 2 rings (SSSR count). The first kappa shape index (κ1) is 25.2. The zero-order chi connectivity index (χ0) is 23.9. The summed E-state index contributed by atoms with van der Waals surface area (Å²) in [6, 6.07) is 8.57. The van der Waals surface area contributed by atoms with Crippen LogP contribution in [0.5, 0.6) is 0 Å². The number of carbonyl (C=O) groups excluding carboxylic acids is 1. The molecule has 0 fully saturated rings. The Morgan fingerprint density at radius 2 is 1.78 bits per heavy atom. The Morgan fingerprint density at radius 1 is 1.12 bits per heavy atom. The van der Waals surface area contributed by atoms with E-state index in [-0.39, 0.29) is 17.1 Å². The van der Waals surface area contributed by atoms with Gasteiger partial charge in [-0.15, -0.1) is 9.00 Å². The fourth-order valence-corrected chi connectivity index (χ4v) is 3.02. The first-order valence-electron chi connectivity index (χ1n) is 9.18. The lowest BCUT2D eigenvalue weighted by Gasteiger charge is -2.23. The minimum atomic E-state index is -5.11. The quantitative estimate of drug-likeness (QED) is 0.320. The van der Waals surface area contributed by atoms with Crippen LogP contribution < -0.4 is 10.2 Å². The maximum absolute atomic E-state index is 13.0. The van der Waals surface area contributed by atoms with Gasteiger partial charge in [-0.1, -0.05) is 0 Å². The number of rotatable bonds is 9. The second-order valence-corrected chi connectivity index (χ2v) is 7.70. The van der Waals surface area contributed by atoms with Crippen molar-refractivity contribution >= 4 is 38.9 Å². The predicted molar refractivity (Wildman–Crippen MR) is 110 cm³/mol. The van der Waals surface area contributed by atoms with E-state index in [1.165, 1.54) is 31.4 Å². The molecule has 0 saturated carbocycles. The first-order chi connectivity index (χ1) is 15.0. The van der Waals surface area contributed by atoms with Gasteiger partial charge in [0.1, 0.15) is 5.69 Å². The fraction of sp³-hybridized carbons (Fsp3) is 0.316. The summed E-state index contributed by atoms with van der Waals surface area (Å²) >= 11 is 0. The number of benzene rings is 2. The average molecular weight is 476 g/mol. The molecule has 0 aliphatic carbocycles. The van der Waals surface area contributed by atoms with E-state index in [4.69, 9.17) is 4.74 Å². The van der Waals surface area contributed by atoms with Gasteiger partial charge in [0.15, 0.2) is 0 Å². The van der Waals surface area contributed by atoms with Gasteiger partial charge in [-0.3, -0.25) is 4.79 Å². The molecule has 0 aliphatic rings. The number of nitrogens with zero attached hydrogens (tertiary/aromatic N) is 3. The van der Waals surface area contributed by atoms with Gasteiger partial charge in [0.05, 0.1) is 22.9 Å². The van der Waals surface area contributed by atoms with E-state index in [1.54, 1.807) is 11.4 Å². The molecule has 8 nitrogen and oxygen atoms in total. The summed E-state index contributed by atoms with van der Waals surface area (Å²) in [6.07, 6.45) is -5.11. The van der Waals surface area contributed by atoms with Crippen LogP contribution in [0.3, 0.4) is 0 Å². The second kappa shape index (κ2) is 10.5. The van der Waals surface area contributed by atoms with E-state index in [9.17, 15) is 30.3 Å². The largest absolute Gasteiger partial charge is 0.471 e. The standard InChI is InChI=1S/C19H20F4N4O4S/c1-3-27(10-11-31-2)14-6-9-16(17(12-14)24-18(28)19(20,21)22)26-25-13-4-7-15(8-5-13)32(23,29)30/h4-9,12H,3,10-11H2,1-2H3,(H,24,28). The van der Waals surface area contributed by atoms with Crippen LogP contribution in [-0.2, 0) is 19.8 Å². The summed E-state index contributed by atoms with van der Waals surface area (Å²) in [5.74, 6) is -2.18. The number of methoxy groups -OCH3 is 1. The Morgan fingerprint density at radius 3 is 2.31 bits per heavy atom. The van der Waals surface area contributed by atoms with Gasteiger partial charge in [0.25, 0.3) is 0 Å². The highest BCUT2D eigenvalue weighted by Crippen LogP contribution is 2.33. The highest BCUT2D eigenvalue weighted by Gasteiger charge is 2.39. The average Bonchev–Trinajstić information content (AvgIpc) is 2.72. The van der Waals surface area contributed by atoms with E-state index in [1.807, 2.05) is 11.8 Å². The molecule has 1 amide bonds. The van der Waals surface area contributed by atoms with Crippen molar-refractivity contribution in [2.75, 3.05) is 37.0 Å². The molecule has 2 aromatic carbocycles. The second-order valence-electron chi connectivity index (χ2n) is 6.36. The third-order valence-electron chi connectivity index (χ3n) is 4.19. The number of azo groups is 1. The molecule has 0 spiro atoms. The number of alkyl halides is 3. The number of carbonyl (C=O) groups is 1. The van der Waals surface area contributed by atoms with E-state index in [2.05, 4.69) is 10.2 Å². The van der Waals surface area contributed by atoms with Crippen LogP contribution in [0.15, 0.2) is 57.6 Å². The molecule has 32 heavy (non-hydrogen) atoms. The van der Waals surface area contributed by atoms with Crippen LogP contribution in [0.25, 0.3) is 0 Å². The maximum Gasteiger partial charge on any atom is 0.471 e. The lowest BCUT2D eigenvalue weighted by atomic mass is 10.2. The lowest BCUT2D eigenvalue weighted by Crippen LogP contribution is -2.30. The summed E-state index contributed by atoms with van der Waals surface area (Å²) in [4.78, 5) is 12.7. The van der Waals surface area contributed by atoms with Gasteiger partial charge < -0.3 is 15.0 Å². The minimum Gasteiger partial charge on any atom is -0.383 e. The number of hydrogen-bond acceptors (Lipinski definition) is 7. The van der Waals surface area contributed by atoms with E-state index < -0.39 is 27.2 Å². The fourth-order valence-electron chi connectivity index (χ4n) is 2.56. The third kappa shape index (κ3) is 6.99. The third-order valence-corrected chi connectivity index (χ3v) is 5.02. The predicted octanol–water partition coefficient (Wildman–Crippen LogP) is 4.73. The Kier molecular flexibility index (Phi) is 8.27. The maximum atomic E-state index is 13.0. The zero-order valence-electron chi connectivity index (χ0n) is 17.1. The van der Waals surface area contributed by atoms with Crippen LogP contribution in [0.4, 0.5) is 39.8 Å². The van der Waals surface area contributed by atoms with Crippen LogP contribution in [0.1, 0.15) is 6.92 Å². The summed E-state index contributed by atoms with van der Waals surface area (Å²) < 4.78 is 78.0. The monoisotopic (exact) mass is 476 g/mol. The van der Waals surface area contributed by atoms with Crippen LogP contribution in [-0.4, -0.2) is 47.3 Å². The number of anilines is 2. The van der Waals surface area contributed by atoms with Crippen molar-refractivity contribution in [2.24, 2.45) is 10.2 Å². The van der Waals surface area contributed by atoms with Gasteiger partial charge >= 0.3 is 22.3 Å². The lowest BCUT2D eigenvalue weighted by molar-refractivity contribution is -0.167. The SMILES string of the molecule is CCN(CCOC)c1ccc(N=Nc2ccc(S(=O)(=O)F)cc2)c(NC(=O)C(F)(F)F)c1. The molecule has 0 unspecified atom stereocenters. The van der Waals surface area contributed by atoms with E-state index >= 15 is 0 Å². The number of ether oxygens (including phenoxy) is 1. The van der Waals surface area contributed by atoms with Crippen LogP contribution in [0.2, 0.25) is 0 Å². The van der Waals surface area contributed by atoms with Crippen molar-refractivity contribution in [2.45, 2.75) is 18.0 Å². The molecule has 13 heteroatoms. The van der Waals surface area contributed by atoms with Crippen molar-refractivity contribution in [3.8, 4) is 0 Å². The number of likely N-dealkylation sites (N-methyl/N-ethyl adjacent to an activating group) is 1. The molecule has 2 aromatic rings. The van der Waals surface area contributed by atoms with Crippen LogP contribution in [0, 0.1) is 0 Å². The van der Waals surface area contributed by atoms with Gasteiger partial charge in [0.2, 0.25) is 0 Å². The highest BCUT2D eigenvalue weighted by atomic mass is 32.3. The molecule has 0 radical (unpaired) electrons. The number of hydrogen-bond donors (Lipinski definition) is 1. The smallest absolute Gasteiger partial charge is 0.383 e. The topological polar surface area (TPSA) is 100 Å². The van der Waals surface area contributed by atoms with Crippen molar-refractivity contribution in [3.05, 3.63) is 42.5 Å². The summed E-state index contributed by atoms with van der Waals surface area (Å²) in [6.45, 7) is 3.22. The summed E-state index contributed by atoms with van der Waals surface area (Å²) in [5.41, 5.74) is 0.340. The van der Waals surface area contributed by atoms with Gasteiger partial charge in [-0.2, -0.15) is 26.7 Å². The minimum absolute atomic E-state index is 0.0728. The molecule has 0 aromatic heterocycles. The number of amides is 1. The Bertz CT molecular complexity index is 1070. The van der Waals surface area contributed by atoms with E-state index in [0.717, 1.165) is 12.1 Å². The van der Waals surface area contributed by atoms with Crippen LogP contribution >= 0.6 is 0 Å². The van der Waals surface area contributed by atoms with Crippen molar-refractivity contribution in [1.82, 2.24) is 0 Å². The summed E-state index contributed by atoms with van der Waals surface area (Å²) in [5, 5.41) is 9.45. The normalized spacial score (nSPS) is 12.2. The molecule has 0 atom stereocenters. The number of halogens is 4. The van der Waals surface area contributed by atoms with Gasteiger partial charge in [0, 0.05) is 25.9 Å². The molecule has 0 saturated heterocycles. The first-order valence-corrected chi connectivity index (χ1v) is 10.6. The van der Waals surface area contributed by atoms with Gasteiger partial charge in [-0.05, 0) is 49.4 Å². The summed E-state index contributed by atoms with van der Waals surface area (Å²) in [7, 11) is -3.37. The van der Waals surface area contributed by atoms with E-state index in [0.29, 0.717) is 25.4 Å². The molecule has 174 valence electrons. The molecule has 0 aliphatic heterocycles.